The first-order valence-electron chi connectivity index (χ1n) is 27.1. The normalized spacial score (nSPS) is 15.1. The van der Waals surface area contributed by atoms with Crippen LogP contribution in [0, 0.1) is 0 Å². The SMILES string of the molecule is CC/C=C\C/C=C\C/C=C\C/C=C\C/C=C\C/C=C\C/C=C\C/C=C\C/C=C\C/C=C\CCCCCCCCC(=O)NC(COP(=O)(O)OCC[N+](C)(C)C)C(O)/C=C/CCCCCCCCCC. The summed E-state index contributed by atoms with van der Waals surface area (Å²) in [6.07, 6.45) is 75.5. The van der Waals surface area contributed by atoms with Gasteiger partial charge in [-0.2, -0.15) is 0 Å². The molecule has 0 aliphatic heterocycles. The molecule has 0 rings (SSSR count). The number of phosphoric ester groups is 1. The first-order valence-corrected chi connectivity index (χ1v) is 28.6. The molecule has 0 bridgehead atoms. The molecule has 8 nitrogen and oxygen atoms in total. The number of allylic oxidation sites excluding steroid dienone is 21. The summed E-state index contributed by atoms with van der Waals surface area (Å²) in [5, 5.41) is 13.8. The number of aliphatic hydroxyl groups is 1. The Labute approximate surface area is 424 Å². The molecule has 9 heteroatoms. The number of amides is 1. The molecule has 0 radical (unpaired) electrons. The van der Waals surface area contributed by atoms with Crippen molar-refractivity contribution in [2.75, 3.05) is 40.9 Å². The molecule has 0 aromatic carbocycles. The lowest BCUT2D eigenvalue weighted by atomic mass is 10.1. The van der Waals surface area contributed by atoms with E-state index in [1.165, 1.54) is 44.9 Å². The molecule has 69 heavy (non-hydrogen) atoms. The van der Waals surface area contributed by atoms with Crippen LogP contribution in [0.15, 0.2) is 134 Å². The number of unbranched alkanes of at least 4 members (excludes halogenated alkanes) is 14. The number of quaternary nitrogens is 1. The summed E-state index contributed by atoms with van der Waals surface area (Å²) in [4.78, 5) is 23.2. The molecule has 0 aliphatic rings. The number of likely N-dealkylation sites (N-methyl/N-ethyl adjacent to an activating group) is 1. The number of nitrogens with zero attached hydrogens (tertiary/aromatic N) is 1. The predicted molar refractivity (Wildman–Crippen MR) is 299 cm³/mol. The average Bonchev–Trinajstić information content (AvgIpc) is 3.31. The van der Waals surface area contributed by atoms with Crippen molar-refractivity contribution in [1.29, 1.82) is 0 Å². The van der Waals surface area contributed by atoms with Crippen molar-refractivity contribution in [2.24, 2.45) is 0 Å². The summed E-state index contributed by atoms with van der Waals surface area (Å²) in [7, 11) is 1.54. The second-order valence-corrected chi connectivity index (χ2v) is 20.3. The zero-order valence-corrected chi connectivity index (χ0v) is 45.4. The van der Waals surface area contributed by atoms with Gasteiger partial charge < -0.3 is 19.8 Å². The monoisotopic (exact) mass is 978 g/mol. The zero-order chi connectivity index (χ0) is 50.6. The summed E-state index contributed by atoms with van der Waals surface area (Å²) in [5.74, 6) is -0.200. The molecular formula is C60H102N2O6P+. The molecule has 3 unspecified atom stereocenters. The number of carbonyl (C=O) groups is 1. The predicted octanol–water partition coefficient (Wildman–Crippen LogP) is 16.4. The number of aliphatic hydroxyl groups excluding tert-OH is 1. The Balaban J connectivity index is 4.16. The molecule has 0 aromatic rings. The lowest BCUT2D eigenvalue weighted by Gasteiger charge is -2.25. The van der Waals surface area contributed by atoms with E-state index in [4.69, 9.17) is 9.05 Å². The van der Waals surface area contributed by atoms with Crippen molar-refractivity contribution >= 4 is 13.7 Å². The van der Waals surface area contributed by atoms with Gasteiger partial charge in [0.25, 0.3) is 0 Å². The van der Waals surface area contributed by atoms with Crippen LogP contribution in [0.25, 0.3) is 0 Å². The van der Waals surface area contributed by atoms with Gasteiger partial charge in [0, 0.05) is 6.42 Å². The van der Waals surface area contributed by atoms with Gasteiger partial charge in [0.2, 0.25) is 5.91 Å². The highest BCUT2D eigenvalue weighted by molar-refractivity contribution is 7.47. The van der Waals surface area contributed by atoms with Gasteiger partial charge in [-0.3, -0.25) is 13.8 Å². The van der Waals surface area contributed by atoms with Crippen LogP contribution in [0.2, 0.25) is 0 Å². The van der Waals surface area contributed by atoms with Crippen LogP contribution < -0.4 is 5.32 Å². The van der Waals surface area contributed by atoms with Crippen LogP contribution in [0.3, 0.4) is 0 Å². The quantitative estimate of drug-likeness (QED) is 0.0243. The second-order valence-electron chi connectivity index (χ2n) is 18.9. The molecule has 0 aliphatic carbocycles. The van der Waals surface area contributed by atoms with E-state index in [1.54, 1.807) is 6.08 Å². The van der Waals surface area contributed by atoms with E-state index in [1.807, 2.05) is 27.2 Å². The van der Waals surface area contributed by atoms with E-state index in [0.717, 1.165) is 122 Å². The average molecular weight is 978 g/mol. The summed E-state index contributed by atoms with van der Waals surface area (Å²) in [6.45, 7) is 4.64. The fourth-order valence-electron chi connectivity index (χ4n) is 6.89. The second kappa shape index (κ2) is 49.6. The van der Waals surface area contributed by atoms with Crippen LogP contribution in [0.5, 0.6) is 0 Å². The van der Waals surface area contributed by atoms with E-state index in [9.17, 15) is 19.4 Å². The minimum absolute atomic E-state index is 0.0511. The number of carbonyl (C=O) groups excluding carboxylic acids is 1. The minimum atomic E-state index is -4.35. The summed E-state index contributed by atoms with van der Waals surface area (Å²) in [5.41, 5.74) is 0. The standard InChI is InChI=1S/C60H101N2O6P/c1-6-8-10-12-14-16-18-19-20-21-22-23-24-25-26-27-28-29-30-31-32-33-34-35-36-37-38-39-40-41-42-43-44-46-48-50-52-54-60(64)61-58(57-68-69(65,66)67-56-55-62(3,4)5)59(63)53-51-49-47-45-17-15-13-11-9-7-2/h8,10,14,16,19-20,22-23,25-26,28-29,31-32,34-35,37-38,40-41,51,53,58-59,63H,6-7,9,11-13,15,17-18,21,24,27,30,33,36,39,42-50,52,54-57H2,1-5H3,(H-,61,64,65,66)/p+1/b10-8-,16-14-,20-19-,23-22-,26-25-,29-28-,32-31-,35-34-,38-37-,41-40-,53-51+. The van der Waals surface area contributed by atoms with Crippen molar-refractivity contribution < 1.29 is 32.9 Å². The van der Waals surface area contributed by atoms with Crippen LogP contribution in [0.4, 0.5) is 0 Å². The molecule has 0 spiro atoms. The van der Waals surface area contributed by atoms with E-state index in [2.05, 4.69) is 141 Å². The summed E-state index contributed by atoms with van der Waals surface area (Å²) < 4.78 is 23.6. The smallest absolute Gasteiger partial charge is 0.387 e. The minimum Gasteiger partial charge on any atom is -0.387 e. The van der Waals surface area contributed by atoms with Gasteiger partial charge in [0.05, 0.1) is 39.9 Å². The third-order valence-corrected chi connectivity index (χ3v) is 12.1. The molecule has 0 saturated carbocycles. The molecule has 0 aromatic heterocycles. The Morgan fingerprint density at radius 1 is 0.507 bits per heavy atom. The van der Waals surface area contributed by atoms with Crippen molar-refractivity contribution in [3.05, 3.63) is 134 Å². The van der Waals surface area contributed by atoms with Gasteiger partial charge in [-0.15, -0.1) is 0 Å². The van der Waals surface area contributed by atoms with E-state index >= 15 is 0 Å². The van der Waals surface area contributed by atoms with Crippen LogP contribution in [-0.4, -0.2) is 73.4 Å². The van der Waals surface area contributed by atoms with Crippen LogP contribution >= 0.6 is 7.82 Å². The maximum Gasteiger partial charge on any atom is 0.472 e. The maximum absolute atomic E-state index is 12.9. The number of rotatable bonds is 47. The van der Waals surface area contributed by atoms with E-state index in [0.29, 0.717) is 17.4 Å². The molecule has 0 fully saturated rings. The molecule has 3 atom stereocenters. The van der Waals surface area contributed by atoms with Gasteiger partial charge in [-0.25, -0.2) is 4.57 Å². The number of phosphoric acid groups is 1. The highest BCUT2D eigenvalue weighted by atomic mass is 31.2. The van der Waals surface area contributed by atoms with E-state index < -0.39 is 20.0 Å². The molecule has 392 valence electrons. The van der Waals surface area contributed by atoms with Crippen molar-refractivity contribution in [3.8, 4) is 0 Å². The molecule has 3 N–H and O–H groups in total. The number of nitrogens with one attached hydrogen (secondary N) is 1. The highest BCUT2D eigenvalue weighted by Gasteiger charge is 2.27. The number of hydrogen-bond donors (Lipinski definition) is 3. The van der Waals surface area contributed by atoms with Crippen molar-refractivity contribution in [3.63, 3.8) is 0 Å². The Kier molecular flexibility index (Phi) is 47.2. The fraction of sp³-hybridized carbons (Fsp3) is 0.617. The fourth-order valence-corrected chi connectivity index (χ4v) is 7.63. The van der Waals surface area contributed by atoms with Gasteiger partial charge in [0.15, 0.2) is 0 Å². The third-order valence-electron chi connectivity index (χ3n) is 11.1. The van der Waals surface area contributed by atoms with Gasteiger partial charge in [-0.05, 0) is 96.3 Å². The Morgan fingerprint density at radius 2 is 0.870 bits per heavy atom. The highest BCUT2D eigenvalue weighted by Crippen LogP contribution is 2.43. The number of hydrogen-bond acceptors (Lipinski definition) is 5. The lowest BCUT2D eigenvalue weighted by Crippen LogP contribution is -2.45. The molecule has 0 saturated heterocycles. The molecule has 1 amide bonds. The molecular weight excluding hydrogens is 876 g/mol. The lowest BCUT2D eigenvalue weighted by molar-refractivity contribution is -0.870. The maximum atomic E-state index is 12.9. The van der Waals surface area contributed by atoms with Gasteiger partial charge >= 0.3 is 7.82 Å². The zero-order valence-electron chi connectivity index (χ0n) is 44.5. The van der Waals surface area contributed by atoms with E-state index in [-0.39, 0.29) is 19.1 Å². The first-order chi connectivity index (χ1) is 33.5. The van der Waals surface area contributed by atoms with Crippen LogP contribution in [0.1, 0.15) is 187 Å². The van der Waals surface area contributed by atoms with Gasteiger partial charge in [-0.1, -0.05) is 218 Å². The third kappa shape index (κ3) is 52.3. The Hall–Kier alpha value is -3.36. The first kappa shape index (κ1) is 65.6. The topological polar surface area (TPSA) is 105 Å². The Morgan fingerprint density at radius 3 is 1.28 bits per heavy atom. The van der Waals surface area contributed by atoms with Crippen LogP contribution in [-0.2, 0) is 18.4 Å². The summed E-state index contributed by atoms with van der Waals surface area (Å²) >= 11 is 0. The van der Waals surface area contributed by atoms with Crippen molar-refractivity contribution in [2.45, 2.75) is 199 Å². The largest absolute Gasteiger partial charge is 0.472 e. The van der Waals surface area contributed by atoms with Crippen molar-refractivity contribution in [1.82, 2.24) is 5.32 Å². The summed E-state index contributed by atoms with van der Waals surface area (Å²) in [6, 6.07) is -0.862. The van der Waals surface area contributed by atoms with Gasteiger partial charge in [0.1, 0.15) is 13.2 Å². The molecule has 0 heterocycles. The Bertz CT molecular complexity index is 1580.